The van der Waals surface area contributed by atoms with Gasteiger partial charge in [0.15, 0.2) is 0 Å². The zero-order valence-electron chi connectivity index (χ0n) is 20.5. The van der Waals surface area contributed by atoms with Gasteiger partial charge in [-0.05, 0) is 40.5 Å². The summed E-state index contributed by atoms with van der Waals surface area (Å²) in [5.74, 6) is -1.62. The Hall–Kier alpha value is -3.85. The van der Waals surface area contributed by atoms with Crippen molar-refractivity contribution in [2.45, 2.75) is 32.5 Å². The van der Waals surface area contributed by atoms with Crippen LogP contribution in [0, 0.1) is 27.2 Å². The average molecular weight is 686 g/mol. The van der Waals surface area contributed by atoms with Crippen LogP contribution in [0.3, 0.4) is 0 Å². The van der Waals surface area contributed by atoms with Crippen molar-refractivity contribution >= 4 is 54.9 Å². The van der Waals surface area contributed by atoms with Crippen molar-refractivity contribution in [3.05, 3.63) is 100.0 Å². The van der Waals surface area contributed by atoms with Crippen LogP contribution in [-0.4, -0.2) is 26.5 Å². The lowest BCUT2D eigenvalue weighted by atomic mass is 9.97. The molecular formula is C25H17Br2F3N4O6. The largest absolute Gasteiger partial charge is 0.443 e. The van der Waals surface area contributed by atoms with Gasteiger partial charge in [-0.3, -0.25) is 25.0 Å². The van der Waals surface area contributed by atoms with E-state index in [1.165, 1.54) is 24.1 Å². The lowest BCUT2D eigenvalue weighted by Gasteiger charge is -2.24. The Kier molecular flexibility index (Phi) is 7.99. The monoisotopic (exact) mass is 684 g/mol. The fourth-order valence-electron chi connectivity index (χ4n) is 4.14. The number of alkyl halides is 3. The van der Waals surface area contributed by atoms with E-state index in [1.54, 1.807) is 0 Å². The maximum Gasteiger partial charge on any atom is 0.416 e. The molecule has 3 aromatic rings. The lowest BCUT2D eigenvalue weighted by Crippen LogP contribution is -2.24. The van der Waals surface area contributed by atoms with E-state index in [0.29, 0.717) is 10.2 Å². The van der Waals surface area contributed by atoms with Crippen molar-refractivity contribution in [1.29, 1.82) is 0 Å². The second-order valence-corrected chi connectivity index (χ2v) is 10.5. The highest BCUT2D eigenvalue weighted by molar-refractivity contribution is 9.11. The summed E-state index contributed by atoms with van der Waals surface area (Å²) >= 11 is 6.62. The predicted molar refractivity (Wildman–Crippen MR) is 144 cm³/mol. The number of hydrogen-bond donors (Lipinski definition) is 0. The summed E-state index contributed by atoms with van der Waals surface area (Å²) in [7, 11) is 0. The number of nitrogens with zero attached hydrogens (tertiary/aromatic N) is 4. The van der Waals surface area contributed by atoms with Crippen LogP contribution < -0.4 is 4.74 Å². The number of hydrogen-bond acceptors (Lipinski definition) is 7. The van der Waals surface area contributed by atoms with Crippen LogP contribution in [0.2, 0.25) is 0 Å². The van der Waals surface area contributed by atoms with Crippen LogP contribution in [0.25, 0.3) is 0 Å². The van der Waals surface area contributed by atoms with Crippen molar-refractivity contribution in [3.63, 3.8) is 0 Å². The number of nitro benzene ring substituents is 2. The second kappa shape index (κ2) is 11.0. The maximum atomic E-state index is 13.4. The van der Waals surface area contributed by atoms with E-state index in [-0.39, 0.29) is 34.3 Å². The molecule has 208 valence electrons. The minimum atomic E-state index is -5.09. The zero-order valence-corrected chi connectivity index (χ0v) is 23.7. The van der Waals surface area contributed by atoms with Gasteiger partial charge in [-0.1, -0.05) is 45.8 Å². The van der Waals surface area contributed by atoms with Crippen molar-refractivity contribution in [1.82, 2.24) is 5.01 Å². The van der Waals surface area contributed by atoms with E-state index >= 15 is 0 Å². The number of nitro groups is 2. The van der Waals surface area contributed by atoms with Crippen molar-refractivity contribution < 1.29 is 32.5 Å². The highest BCUT2D eigenvalue weighted by Gasteiger charge is 2.40. The fraction of sp³-hybridized carbons (Fsp3) is 0.200. The molecule has 0 aromatic heterocycles. The van der Waals surface area contributed by atoms with Crippen LogP contribution in [0.4, 0.5) is 24.5 Å². The summed E-state index contributed by atoms with van der Waals surface area (Å²) in [5.41, 5.74) is -1.55. The number of aryl methyl sites for hydroxylation is 1. The lowest BCUT2D eigenvalue weighted by molar-refractivity contribution is -0.396. The van der Waals surface area contributed by atoms with Gasteiger partial charge in [-0.2, -0.15) is 18.3 Å². The van der Waals surface area contributed by atoms with Gasteiger partial charge < -0.3 is 4.74 Å². The molecule has 15 heteroatoms. The molecule has 0 N–H and O–H groups in total. The number of carbonyl (C=O) groups is 1. The van der Waals surface area contributed by atoms with E-state index in [0.717, 1.165) is 11.1 Å². The smallest absolute Gasteiger partial charge is 0.416 e. The Balaban J connectivity index is 1.88. The first-order chi connectivity index (χ1) is 18.7. The summed E-state index contributed by atoms with van der Waals surface area (Å²) in [4.78, 5) is 33.7. The molecule has 0 aliphatic carbocycles. The van der Waals surface area contributed by atoms with Crippen LogP contribution in [0.5, 0.6) is 11.5 Å². The Labute approximate surface area is 241 Å². The standard InChI is InChI=1S/C25H17Br2F3N4O6/c1-12-3-5-14(6-4-12)19-11-20(32(31-19)13(2)35)17-9-16(26)10-18(27)23(17)40-24-21(33(36)37)7-15(25(28,29)30)8-22(24)34(38)39/h3-10,20H,11H2,1-2H3. The third-order valence-corrected chi connectivity index (χ3v) is 7.04. The summed E-state index contributed by atoms with van der Waals surface area (Å²) in [6.07, 6.45) is -4.91. The third-order valence-electron chi connectivity index (χ3n) is 5.99. The van der Waals surface area contributed by atoms with E-state index in [1.807, 2.05) is 31.2 Å². The zero-order chi connectivity index (χ0) is 29.5. The van der Waals surface area contributed by atoms with Gasteiger partial charge in [-0.15, -0.1) is 0 Å². The molecule has 1 unspecified atom stereocenters. The Morgan fingerprint density at radius 1 is 1.02 bits per heavy atom. The minimum Gasteiger partial charge on any atom is -0.443 e. The molecule has 1 aliphatic heterocycles. The average Bonchev–Trinajstić information content (AvgIpc) is 3.30. The number of carbonyl (C=O) groups excluding carboxylic acids is 1. The third kappa shape index (κ3) is 5.84. The summed E-state index contributed by atoms with van der Waals surface area (Å²) in [6.45, 7) is 3.20. The first kappa shape index (κ1) is 29.1. The van der Waals surface area contributed by atoms with Gasteiger partial charge in [0.05, 0.1) is 31.6 Å². The molecule has 1 aliphatic rings. The molecule has 10 nitrogen and oxygen atoms in total. The summed E-state index contributed by atoms with van der Waals surface area (Å²) < 4.78 is 46.5. The van der Waals surface area contributed by atoms with Gasteiger partial charge in [0, 0.05) is 35.5 Å². The predicted octanol–water partition coefficient (Wildman–Crippen LogP) is 7.85. The topological polar surface area (TPSA) is 128 Å². The Bertz CT molecular complexity index is 1540. The maximum absolute atomic E-state index is 13.4. The number of benzene rings is 3. The van der Waals surface area contributed by atoms with Crippen LogP contribution in [0.1, 0.15) is 41.6 Å². The second-order valence-electron chi connectivity index (χ2n) is 8.76. The summed E-state index contributed by atoms with van der Waals surface area (Å²) in [5, 5.41) is 29.2. The molecule has 40 heavy (non-hydrogen) atoms. The molecule has 1 amide bonds. The molecule has 0 fully saturated rings. The molecular weight excluding hydrogens is 669 g/mol. The van der Waals surface area contributed by atoms with Crippen LogP contribution in [0.15, 0.2) is 62.6 Å². The molecule has 0 radical (unpaired) electrons. The van der Waals surface area contributed by atoms with Crippen LogP contribution in [-0.2, 0) is 11.0 Å². The first-order valence-electron chi connectivity index (χ1n) is 11.3. The quantitative estimate of drug-likeness (QED) is 0.192. The normalized spacial score (nSPS) is 15.1. The van der Waals surface area contributed by atoms with Crippen molar-refractivity contribution in [2.24, 2.45) is 5.10 Å². The molecule has 0 spiro atoms. The Morgan fingerprint density at radius 3 is 2.10 bits per heavy atom. The van der Waals surface area contributed by atoms with Crippen LogP contribution >= 0.6 is 31.9 Å². The highest BCUT2D eigenvalue weighted by Crippen LogP contribution is 2.49. The minimum absolute atomic E-state index is 0.160. The van der Waals surface area contributed by atoms with Gasteiger partial charge in [0.1, 0.15) is 5.75 Å². The molecule has 4 rings (SSSR count). The van der Waals surface area contributed by atoms with Gasteiger partial charge in [-0.25, -0.2) is 5.01 Å². The number of rotatable bonds is 6. The van der Waals surface area contributed by atoms with E-state index in [9.17, 15) is 38.2 Å². The van der Waals surface area contributed by atoms with E-state index in [2.05, 4.69) is 37.0 Å². The van der Waals surface area contributed by atoms with E-state index < -0.39 is 50.7 Å². The fourth-order valence-corrected chi connectivity index (χ4v) is 5.48. The molecule has 1 heterocycles. The van der Waals surface area contributed by atoms with Gasteiger partial charge in [0.2, 0.25) is 5.91 Å². The van der Waals surface area contributed by atoms with E-state index in [4.69, 9.17) is 4.74 Å². The van der Waals surface area contributed by atoms with Crippen molar-refractivity contribution in [2.75, 3.05) is 0 Å². The van der Waals surface area contributed by atoms with Crippen molar-refractivity contribution in [3.8, 4) is 11.5 Å². The SMILES string of the molecule is CC(=O)N1N=C(c2ccc(C)cc2)CC1c1cc(Br)cc(Br)c1Oc1c([N+](=O)[O-])cc(C(F)(F)F)cc1[N+](=O)[O-]. The molecule has 0 bridgehead atoms. The number of hydrazone groups is 1. The number of halogens is 5. The first-order valence-corrected chi connectivity index (χ1v) is 12.9. The molecule has 0 saturated heterocycles. The van der Waals surface area contributed by atoms with Gasteiger partial charge in [0.25, 0.3) is 5.75 Å². The number of ether oxygens (including phenoxy) is 1. The van der Waals surface area contributed by atoms with Gasteiger partial charge >= 0.3 is 17.6 Å². The Morgan fingerprint density at radius 2 is 1.60 bits per heavy atom. The molecule has 0 saturated carbocycles. The number of amides is 1. The summed E-state index contributed by atoms with van der Waals surface area (Å²) in [6, 6.07) is 9.95. The highest BCUT2D eigenvalue weighted by atomic mass is 79.9. The molecule has 3 aromatic carbocycles. The molecule has 1 atom stereocenters.